The Labute approximate surface area is 106 Å². The lowest BCUT2D eigenvalue weighted by atomic mass is 10.1. The Bertz CT molecular complexity index is 488. The molecule has 0 spiro atoms. The summed E-state index contributed by atoms with van der Waals surface area (Å²) in [5.41, 5.74) is 9.22. The third-order valence-corrected chi connectivity index (χ3v) is 2.28. The van der Waals surface area contributed by atoms with Gasteiger partial charge in [0, 0.05) is 11.3 Å². The molecule has 0 saturated heterocycles. The molecule has 0 aliphatic heterocycles. The highest BCUT2D eigenvalue weighted by atomic mass is 32.1. The zero-order valence-electron chi connectivity index (χ0n) is 9.04. The standard InChI is InChI=1S/C10H10F3N3OS/c11-10(12,13)7-2-1-5(16-4-8(14)17)3-6(7)9(15)18/h1-3,16H,4H2,(H2,14,17)(H2,15,18). The maximum atomic E-state index is 12.6. The number of rotatable bonds is 4. The number of hydrogen-bond donors (Lipinski definition) is 3. The van der Waals surface area contributed by atoms with Gasteiger partial charge in [0.2, 0.25) is 5.91 Å². The Kier molecular flexibility index (Phi) is 4.12. The van der Waals surface area contributed by atoms with Crippen LogP contribution < -0.4 is 16.8 Å². The van der Waals surface area contributed by atoms with Crippen molar-refractivity contribution in [2.45, 2.75) is 6.18 Å². The summed E-state index contributed by atoms with van der Waals surface area (Å²) in [4.78, 5) is 10.2. The number of amides is 1. The van der Waals surface area contributed by atoms with E-state index in [1.165, 1.54) is 6.07 Å². The van der Waals surface area contributed by atoms with Crippen LogP contribution in [0, 0.1) is 0 Å². The molecule has 0 aromatic heterocycles. The fourth-order valence-corrected chi connectivity index (χ4v) is 1.46. The topological polar surface area (TPSA) is 81.1 Å². The summed E-state index contributed by atoms with van der Waals surface area (Å²) in [5.74, 6) is -0.633. The lowest BCUT2D eigenvalue weighted by Crippen LogP contribution is -2.23. The average Bonchev–Trinajstić information content (AvgIpc) is 2.24. The predicted molar refractivity (Wildman–Crippen MR) is 65.0 cm³/mol. The summed E-state index contributed by atoms with van der Waals surface area (Å²) < 4.78 is 37.9. The summed E-state index contributed by atoms with van der Waals surface area (Å²) in [6, 6.07) is 3.15. The number of primary amides is 1. The number of alkyl halides is 3. The monoisotopic (exact) mass is 277 g/mol. The van der Waals surface area contributed by atoms with Crippen LogP contribution in [0.5, 0.6) is 0 Å². The zero-order chi connectivity index (χ0) is 13.9. The quantitative estimate of drug-likeness (QED) is 0.723. The first-order valence-electron chi connectivity index (χ1n) is 4.75. The Morgan fingerprint density at radius 2 is 1.94 bits per heavy atom. The number of nitrogens with one attached hydrogen (secondary N) is 1. The molecule has 0 aliphatic rings. The SMILES string of the molecule is NC(=O)CNc1ccc(C(F)(F)F)c(C(N)=S)c1. The highest BCUT2D eigenvalue weighted by Crippen LogP contribution is 2.33. The van der Waals surface area contributed by atoms with Crippen LogP contribution in [0.25, 0.3) is 0 Å². The molecular weight excluding hydrogens is 267 g/mol. The Morgan fingerprint density at radius 3 is 2.39 bits per heavy atom. The van der Waals surface area contributed by atoms with E-state index in [9.17, 15) is 18.0 Å². The largest absolute Gasteiger partial charge is 0.417 e. The van der Waals surface area contributed by atoms with E-state index in [4.69, 9.17) is 11.5 Å². The van der Waals surface area contributed by atoms with Gasteiger partial charge in [0.25, 0.3) is 0 Å². The summed E-state index contributed by atoms with van der Waals surface area (Å²) in [7, 11) is 0. The third-order valence-electron chi connectivity index (χ3n) is 2.06. The molecule has 0 radical (unpaired) electrons. The zero-order valence-corrected chi connectivity index (χ0v) is 9.86. The van der Waals surface area contributed by atoms with Gasteiger partial charge >= 0.3 is 6.18 Å². The van der Waals surface area contributed by atoms with Gasteiger partial charge in [-0.05, 0) is 18.2 Å². The maximum Gasteiger partial charge on any atom is 0.417 e. The van der Waals surface area contributed by atoms with Crippen LogP contribution in [0.2, 0.25) is 0 Å². The van der Waals surface area contributed by atoms with Crippen LogP contribution in [-0.4, -0.2) is 17.4 Å². The molecule has 1 aromatic carbocycles. The molecule has 0 aliphatic carbocycles. The van der Waals surface area contributed by atoms with Gasteiger partial charge in [-0.3, -0.25) is 4.79 Å². The molecule has 0 fully saturated rings. The van der Waals surface area contributed by atoms with Gasteiger partial charge in [-0.1, -0.05) is 12.2 Å². The first kappa shape index (κ1) is 14.2. The molecule has 1 rings (SSSR count). The van der Waals surface area contributed by atoms with Crippen molar-refractivity contribution >= 4 is 28.8 Å². The van der Waals surface area contributed by atoms with Crippen LogP contribution in [0.3, 0.4) is 0 Å². The molecule has 18 heavy (non-hydrogen) atoms. The first-order chi connectivity index (χ1) is 8.21. The number of halogens is 3. The highest BCUT2D eigenvalue weighted by molar-refractivity contribution is 7.80. The second-order valence-corrected chi connectivity index (χ2v) is 3.88. The fraction of sp³-hybridized carbons (Fsp3) is 0.200. The summed E-state index contributed by atoms with van der Waals surface area (Å²) in [5, 5.41) is 2.56. The van der Waals surface area contributed by atoms with Crippen LogP contribution in [-0.2, 0) is 11.0 Å². The van der Waals surface area contributed by atoms with Crippen molar-refractivity contribution in [2.24, 2.45) is 11.5 Å². The van der Waals surface area contributed by atoms with Gasteiger partial charge in [-0.2, -0.15) is 13.2 Å². The third kappa shape index (κ3) is 3.59. The number of carbonyl (C=O) groups excluding carboxylic acids is 1. The second-order valence-electron chi connectivity index (χ2n) is 3.44. The predicted octanol–water partition coefficient (Wildman–Crippen LogP) is 1.24. The minimum atomic E-state index is -4.54. The summed E-state index contributed by atoms with van der Waals surface area (Å²) >= 11 is 4.57. The smallest absolute Gasteiger partial charge is 0.389 e. The molecule has 8 heteroatoms. The lowest BCUT2D eigenvalue weighted by Gasteiger charge is -2.14. The molecule has 4 nitrogen and oxygen atoms in total. The number of nitrogens with two attached hydrogens (primary N) is 2. The molecule has 0 saturated carbocycles. The van der Waals surface area contributed by atoms with Crippen molar-refractivity contribution in [3.63, 3.8) is 0 Å². The molecule has 1 amide bonds. The van der Waals surface area contributed by atoms with Crippen molar-refractivity contribution in [3.05, 3.63) is 29.3 Å². The highest BCUT2D eigenvalue weighted by Gasteiger charge is 2.34. The molecule has 0 unspecified atom stereocenters. The Hall–Kier alpha value is -1.83. The van der Waals surface area contributed by atoms with Gasteiger partial charge in [-0.25, -0.2) is 0 Å². The van der Waals surface area contributed by atoms with E-state index in [-0.39, 0.29) is 22.8 Å². The van der Waals surface area contributed by atoms with E-state index in [1.54, 1.807) is 0 Å². The molecule has 5 N–H and O–H groups in total. The van der Waals surface area contributed by atoms with Crippen molar-refractivity contribution < 1.29 is 18.0 Å². The van der Waals surface area contributed by atoms with E-state index in [1.807, 2.05) is 0 Å². The van der Waals surface area contributed by atoms with Crippen molar-refractivity contribution in [1.82, 2.24) is 0 Å². The Morgan fingerprint density at radius 1 is 1.33 bits per heavy atom. The number of benzene rings is 1. The molecule has 0 bridgehead atoms. The average molecular weight is 277 g/mol. The minimum Gasteiger partial charge on any atom is -0.389 e. The summed E-state index contributed by atoms with van der Waals surface area (Å²) in [6.07, 6.45) is -4.54. The molecular formula is C10H10F3N3OS. The van der Waals surface area contributed by atoms with E-state index < -0.39 is 17.6 Å². The normalized spacial score (nSPS) is 11.1. The number of anilines is 1. The van der Waals surface area contributed by atoms with Crippen molar-refractivity contribution in [1.29, 1.82) is 0 Å². The number of hydrogen-bond acceptors (Lipinski definition) is 3. The molecule has 98 valence electrons. The lowest BCUT2D eigenvalue weighted by molar-refractivity contribution is -0.137. The maximum absolute atomic E-state index is 12.6. The van der Waals surface area contributed by atoms with E-state index in [0.29, 0.717) is 0 Å². The Balaban J connectivity index is 3.12. The van der Waals surface area contributed by atoms with Gasteiger partial charge in [0.1, 0.15) is 4.99 Å². The molecule has 0 heterocycles. The minimum absolute atomic E-state index is 0.192. The van der Waals surface area contributed by atoms with Crippen LogP contribution in [0.15, 0.2) is 18.2 Å². The second kappa shape index (κ2) is 5.21. The van der Waals surface area contributed by atoms with Crippen molar-refractivity contribution in [3.8, 4) is 0 Å². The van der Waals surface area contributed by atoms with Gasteiger partial charge in [-0.15, -0.1) is 0 Å². The van der Waals surface area contributed by atoms with Crippen molar-refractivity contribution in [2.75, 3.05) is 11.9 Å². The fourth-order valence-electron chi connectivity index (χ4n) is 1.29. The number of thiocarbonyl (C=S) groups is 1. The number of carbonyl (C=O) groups is 1. The van der Waals surface area contributed by atoms with E-state index in [2.05, 4.69) is 17.5 Å². The van der Waals surface area contributed by atoms with E-state index >= 15 is 0 Å². The van der Waals surface area contributed by atoms with Gasteiger partial charge in [0.05, 0.1) is 12.1 Å². The van der Waals surface area contributed by atoms with Gasteiger partial charge in [0.15, 0.2) is 0 Å². The van der Waals surface area contributed by atoms with E-state index in [0.717, 1.165) is 12.1 Å². The molecule has 0 atom stereocenters. The van der Waals surface area contributed by atoms with Gasteiger partial charge < -0.3 is 16.8 Å². The molecule has 1 aromatic rings. The summed E-state index contributed by atoms with van der Waals surface area (Å²) in [6.45, 7) is -0.192. The first-order valence-corrected chi connectivity index (χ1v) is 5.16. The van der Waals surface area contributed by atoms with Crippen LogP contribution in [0.1, 0.15) is 11.1 Å². The van der Waals surface area contributed by atoms with Crippen LogP contribution in [0.4, 0.5) is 18.9 Å². The van der Waals surface area contributed by atoms with Crippen LogP contribution >= 0.6 is 12.2 Å².